The summed E-state index contributed by atoms with van der Waals surface area (Å²) < 4.78 is 0. The number of hydrogen-bond acceptors (Lipinski definition) is 5. The fourth-order valence-corrected chi connectivity index (χ4v) is 5.48. The van der Waals surface area contributed by atoms with E-state index in [1.165, 1.54) is 83.4 Å². The quantitative estimate of drug-likeness (QED) is 0.689. The van der Waals surface area contributed by atoms with E-state index in [9.17, 15) is 0 Å². The molecule has 1 aliphatic carbocycles. The normalized spacial score (nSPS) is 26.2. The van der Waals surface area contributed by atoms with Crippen LogP contribution in [0.5, 0.6) is 0 Å². The third-order valence-electron chi connectivity index (χ3n) is 7.28. The zero-order valence-electron chi connectivity index (χ0n) is 19.4. The van der Waals surface area contributed by atoms with Crippen LogP contribution in [0.3, 0.4) is 0 Å². The Kier molecular flexibility index (Phi) is 9.51. The van der Waals surface area contributed by atoms with Crippen molar-refractivity contribution < 1.29 is 19.8 Å². The molecule has 0 aromatic heterocycles. The summed E-state index contributed by atoms with van der Waals surface area (Å²) in [4.78, 5) is 26.5. The molecule has 0 radical (unpaired) electrons. The smallest absolute Gasteiger partial charge is 0.414 e. The topological polar surface area (TPSA) is 84.3 Å². The molecule has 0 spiro atoms. The Bertz CT molecular complexity index is 701. The molecule has 2 atom stereocenters. The summed E-state index contributed by atoms with van der Waals surface area (Å²) in [6.07, 6.45) is 8.60. The highest BCUT2D eigenvalue weighted by molar-refractivity contribution is 6.27. The van der Waals surface area contributed by atoms with Crippen LogP contribution < -0.4 is 0 Å². The lowest BCUT2D eigenvalue weighted by Gasteiger charge is -2.45. The van der Waals surface area contributed by atoms with Crippen LogP contribution in [0.15, 0.2) is 30.3 Å². The summed E-state index contributed by atoms with van der Waals surface area (Å²) in [5.74, 6) is -2.70. The lowest BCUT2D eigenvalue weighted by atomic mass is 9.85. The number of hydrogen-bond donors (Lipinski definition) is 2. The van der Waals surface area contributed by atoms with Gasteiger partial charge >= 0.3 is 11.9 Å². The van der Waals surface area contributed by atoms with E-state index in [1.807, 2.05) is 0 Å². The number of carboxylic acid groups (broad SMARTS) is 2. The van der Waals surface area contributed by atoms with E-state index in [-0.39, 0.29) is 0 Å². The number of carbonyl (C=O) groups is 2. The molecule has 3 fully saturated rings. The summed E-state index contributed by atoms with van der Waals surface area (Å²) in [5.41, 5.74) is 1.45. The van der Waals surface area contributed by atoms with Crippen molar-refractivity contribution in [3.05, 3.63) is 35.9 Å². The van der Waals surface area contributed by atoms with Gasteiger partial charge in [0.1, 0.15) is 0 Å². The van der Waals surface area contributed by atoms with Gasteiger partial charge < -0.3 is 15.1 Å². The number of piperidine rings is 1. The highest BCUT2D eigenvalue weighted by Crippen LogP contribution is 2.30. The van der Waals surface area contributed by atoms with Crippen molar-refractivity contribution >= 4 is 11.9 Å². The molecule has 2 heterocycles. The highest BCUT2D eigenvalue weighted by atomic mass is 16.4. The molecular weight excluding hydrogens is 406 g/mol. The van der Waals surface area contributed by atoms with Crippen LogP contribution in [0.4, 0.5) is 0 Å². The maximum Gasteiger partial charge on any atom is 0.414 e. The fourth-order valence-electron chi connectivity index (χ4n) is 5.48. The zero-order valence-corrected chi connectivity index (χ0v) is 19.4. The van der Waals surface area contributed by atoms with Crippen LogP contribution in [0.25, 0.3) is 0 Å². The maximum atomic E-state index is 9.10. The Labute approximate surface area is 192 Å². The van der Waals surface area contributed by atoms with Crippen LogP contribution in [-0.4, -0.2) is 88.2 Å². The van der Waals surface area contributed by atoms with Crippen molar-refractivity contribution in [1.82, 2.24) is 14.7 Å². The molecule has 2 aliphatic heterocycles. The number of piperazine rings is 1. The van der Waals surface area contributed by atoms with E-state index < -0.39 is 11.9 Å². The third kappa shape index (κ3) is 7.57. The Hall–Kier alpha value is -1.96. The Morgan fingerprint density at radius 2 is 1.41 bits per heavy atom. The van der Waals surface area contributed by atoms with Crippen molar-refractivity contribution in [1.29, 1.82) is 0 Å². The second kappa shape index (κ2) is 12.3. The Morgan fingerprint density at radius 1 is 0.812 bits per heavy atom. The molecule has 1 aromatic rings. The van der Waals surface area contributed by atoms with Crippen LogP contribution in [0.2, 0.25) is 0 Å². The van der Waals surface area contributed by atoms with E-state index in [4.69, 9.17) is 19.8 Å². The molecule has 2 saturated heterocycles. The number of rotatable bonds is 4. The minimum atomic E-state index is -1.82. The van der Waals surface area contributed by atoms with Crippen LogP contribution in [0.1, 0.15) is 51.0 Å². The van der Waals surface area contributed by atoms with Gasteiger partial charge in [-0.1, -0.05) is 50.1 Å². The standard InChI is InChI=1S/C23H37N3.C2H2O4/c1-20-6-5-9-23(18-20)25-12-10-22(11-13-25)26-16-14-24(15-17-26)19-21-7-3-2-4-8-21;3-1(4)2(5)6/h2-4,7-8,20,22-23H,5-6,9-19H2,1H3;(H,3,4)(H,5,6). The lowest BCUT2D eigenvalue weighted by Crippen LogP contribution is -2.54. The van der Waals surface area contributed by atoms with E-state index in [0.717, 1.165) is 24.5 Å². The van der Waals surface area contributed by atoms with Crippen molar-refractivity contribution in [3.63, 3.8) is 0 Å². The van der Waals surface area contributed by atoms with Crippen molar-refractivity contribution in [3.8, 4) is 0 Å². The first-order valence-corrected chi connectivity index (χ1v) is 12.1. The third-order valence-corrected chi connectivity index (χ3v) is 7.28. The van der Waals surface area contributed by atoms with E-state index in [2.05, 4.69) is 52.0 Å². The van der Waals surface area contributed by atoms with E-state index in [0.29, 0.717) is 0 Å². The number of likely N-dealkylation sites (tertiary alicyclic amines) is 1. The van der Waals surface area contributed by atoms with E-state index in [1.54, 1.807) is 0 Å². The molecular formula is C25H39N3O4. The first-order valence-electron chi connectivity index (χ1n) is 12.1. The van der Waals surface area contributed by atoms with Crippen molar-refractivity contribution in [2.24, 2.45) is 5.92 Å². The predicted molar refractivity (Wildman–Crippen MR) is 125 cm³/mol. The molecule has 0 amide bonds. The van der Waals surface area contributed by atoms with Gasteiger partial charge in [0.15, 0.2) is 0 Å². The second-order valence-electron chi connectivity index (χ2n) is 9.60. The maximum absolute atomic E-state index is 9.10. The molecule has 178 valence electrons. The molecule has 7 nitrogen and oxygen atoms in total. The van der Waals surface area contributed by atoms with Gasteiger partial charge in [-0.25, -0.2) is 9.59 Å². The highest BCUT2D eigenvalue weighted by Gasteiger charge is 2.31. The monoisotopic (exact) mass is 445 g/mol. The minimum absolute atomic E-state index is 0.839. The summed E-state index contributed by atoms with van der Waals surface area (Å²) in [6.45, 7) is 11.2. The molecule has 1 saturated carbocycles. The summed E-state index contributed by atoms with van der Waals surface area (Å²) >= 11 is 0. The molecule has 32 heavy (non-hydrogen) atoms. The molecule has 1 aromatic carbocycles. The summed E-state index contributed by atoms with van der Waals surface area (Å²) in [7, 11) is 0. The summed E-state index contributed by atoms with van der Waals surface area (Å²) in [5, 5.41) is 14.8. The van der Waals surface area contributed by atoms with Gasteiger partial charge in [-0.2, -0.15) is 0 Å². The van der Waals surface area contributed by atoms with Gasteiger partial charge in [-0.05, 0) is 50.3 Å². The largest absolute Gasteiger partial charge is 0.473 e. The average molecular weight is 446 g/mol. The minimum Gasteiger partial charge on any atom is -0.473 e. The lowest BCUT2D eigenvalue weighted by molar-refractivity contribution is -0.159. The molecule has 4 rings (SSSR count). The summed E-state index contributed by atoms with van der Waals surface area (Å²) in [6, 6.07) is 12.7. The molecule has 7 heteroatoms. The molecule has 3 aliphatic rings. The number of nitrogens with zero attached hydrogens (tertiary/aromatic N) is 3. The number of carboxylic acids is 2. The average Bonchev–Trinajstić information content (AvgIpc) is 2.81. The van der Waals surface area contributed by atoms with Crippen molar-refractivity contribution in [2.45, 2.75) is 64.1 Å². The Morgan fingerprint density at radius 3 is 1.97 bits per heavy atom. The zero-order chi connectivity index (χ0) is 22.9. The number of aliphatic carboxylic acids is 2. The number of benzene rings is 1. The van der Waals surface area contributed by atoms with Gasteiger partial charge in [0.2, 0.25) is 0 Å². The van der Waals surface area contributed by atoms with Crippen molar-refractivity contribution in [2.75, 3.05) is 39.3 Å². The van der Waals surface area contributed by atoms with Gasteiger partial charge in [-0.15, -0.1) is 0 Å². The van der Waals surface area contributed by atoms with Gasteiger partial charge in [0, 0.05) is 44.8 Å². The second-order valence-corrected chi connectivity index (χ2v) is 9.60. The fraction of sp³-hybridized carbons (Fsp3) is 0.680. The van der Waals surface area contributed by atoms with Crippen LogP contribution in [0, 0.1) is 5.92 Å². The van der Waals surface area contributed by atoms with Gasteiger partial charge in [0.25, 0.3) is 0 Å². The van der Waals surface area contributed by atoms with Gasteiger partial charge in [-0.3, -0.25) is 9.80 Å². The molecule has 2 unspecified atom stereocenters. The first kappa shape index (κ1) is 24.7. The molecule has 2 N–H and O–H groups in total. The first-order chi connectivity index (χ1) is 15.4. The molecule has 0 bridgehead atoms. The Balaban J connectivity index is 0.000000427. The van der Waals surface area contributed by atoms with E-state index >= 15 is 0 Å². The predicted octanol–water partition coefficient (Wildman–Crippen LogP) is 3.00. The van der Waals surface area contributed by atoms with Crippen LogP contribution in [-0.2, 0) is 16.1 Å². The van der Waals surface area contributed by atoms with Crippen LogP contribution >= 0.6 is 0 Å². The SMILES string of the molecule is CC1CCCC(N2CCC(N3CCN(Cc4ccccc4)CC3)CC2)C1.O=C(O)C(=O)O. The van der Waals surface area contributed by atoms with Gasteiger partial charge in [0.05, 0.1) is 0 Å².